The van der Waals surface area contributed by atoms with Crippen LogP contribution in [0.4, 0.5) is 0 Å². The molecule has 2 rings (SSSR count). The zero-order valence-corrected chi connectivity index (χ0v) is 13.4. The molecule has 0 fully saturated rings. The lowest BCUT2D eigenvalue weighted by Gasteiger charge is -2.09. The van der Waals surface area contributed by atoms with Crippen molar-refractivity contribution in [1.82, 2.24) is 15.3 Å². The predicted molar refractivity (Wildman–Crippen MR) is 83.7 cm³/mol. The van der Waals surface area contributed by atoms with Crippen LogP contribution in [0.5, 0.6) is 5.75 Å². The van der Waals surface area contributed by atoms with Gasteiger partial charge in [-0.15, -0.1) is 0 Å². The molecular formula is C15H18BrN3O. The molecule has 0 spiro atoms. The molecule has 0 aliphatic heterocycles. The number of ether oxygens (including phenoxy) is 1. The van der Waals surface area contributed by atoms with Gasteiger partial charge in [0.25, 0.3) is 0 Å². The third kappa shape index (κ3) is 3.77. The first-order valence-electron chi connectivity index (χ1n) is 6.49. The summed E-state index contributed by atoms with van der Waals surface area (Å²) in [7, 11) is 1.65. The smallest absolute Gasteiger partial charge is 0.159 e. The van der Waals surface area contributed by atoms with E-state index in [0.29, 0.717) is 6.04 Å². The number of nitrogens with zero attached hydrogens (tertiary/aromatic N) is 2. The fourth-order valence-electron chi connectivity index (χ4n) is 1.75. The SMILES string of the molecule is COc1ccc(-c2nccc(CNC(C)C)n2)cc1Br. The summed E-state index contributed by atoms with van der Waals surface area (Å²) in [5, 5.41) is 3.35. The van der Waals surface area contributed by atoms with E-state index < -0.39 is 0 Å². The minimum atomic E-state index is 0.434. The average molecular weight is 336 g/mol. The number of aromatic nitrogens is 2. The topological polar surface area (TPSA) is 47.0 Å². The van der Waals surface area contributed by atoms with E-state index in [-0.39, 0.29) is 0 Å². The summed E-state index contributed by atoms with van der Waals surface area (Å²) in [6, 6.07) is 8.19. The van der Waals surface area contributed by atoms with Gasteiger partial charge in [0.05, 0.1) is 17.3 Å². The lowest BCUT2D eigenvalue weighted by molar-refractivity contribution is 0.412. The number of nitrogens with one attached hydrogen (secondary N) is 1. The molecule has 0 aliphatic carbocycles. The number of hydrogen-bond acceptors (Lipinski definition) is 4. The van der Waals surface area contributed by atoms with Gasteiger partial charge in [-0.2, -0.15) is 0 Å². The molecule has 0 bridgehead atoms. The molecule has 1 aromatic heterocycles. The maximum Gasteiger partial charge on any atom is 0.159 e. The van der Waals surface area contributed by atoms with Gasteiger partial charge in [-0.05, 0) is 40.2 Å². The Balaban J connectivity index is 2.24. The minimum absolute atomic E-state index is 0.434. The van der Waals surface area contributed by atoms with E-state index in [4.69, 9.17) is 4.74 Å². The van der Waals surface area contributed by atoms with Gasteiger partial charge in [0, 0.05) is 24.3 Å². The Hall–Kier alpha value is -1.46. The standard InChI is InChI=1S/C15H18BrN3O/c1-10(2)18-9-12-6-7-17-15(19-12)11-4-5-14(20-3)13(16)8-11/h4-8,10,18H,9H2,1-3H3. The molecule has 0 radical (unpaired) electrons. The van der Waals surface area contributed by atoms with Crippen molar-refractivity contribution in [2.75, 3.05) is 7.11 Å². The van der Waals surface area contributed by atoms with Crippen molar-refractivity contribution in [1.29, 1.82) is 0 Å². The molecule has 1 heterocycles. The Morgan fingerprint density at radius 1 is 1.30 bits per heavy atom. The second kappa shape index (κ2) is 6.81. The molecule has 1 N–H and O–H groups in total. The molecule has 0 atom stereocenters. The molecule has 0 amide bonds. The van der Waals surface area contributed by atoms with Crippen LogP contribution in [0, 0.1) is 0 Å². The second-order valence-corrected chi connectivity index (χ2v) is 5.61. The Morgan fingerprint density at radius 3 is 2.75 bits per heavy atom. The first kappa shape index (κ1) is 14.9. The summed E-state index contributed by atoms with van der Waals surface area (Å²) in [4.78, 5) is 8.91. The summed E-state index contributed by atoms with van der Waals surface area (Å²) in [5.74, 6) is 1.52. The van der Waals surface area contributed by atoms with Gasteiger partial charge >= 0.3 is 0 Å². The van der Waals surface area contributed by atoms with Gasteiger partial charge in [0.15, 0.2) is 5.82 Å². The third-order valence-corrected chi connectivity index (χ3v) is 3.43. The van der Waals surface area contributed by atoms with Crippen LogP contribution in [0.2, 0.25) is 0 Å². The number of rotatable bonds is 5. The Bertz CT molecular complexity index is 587. The van der Waals surface area contributed by atoms with Crippen molar-refractivity contribution in [3.05, 3.63) is 40.6 Å². The van der Waals surface area contributed by atoms with Crippen LogP contribution in [0.25, 0.3) is 11.4 Å². The molecule has 1 aromatic carbocycles. The predicted octanol–water partition coefficient (Wildman–Crippen LogP) is 3.41. The fraction of sp³-hybridized carbons (Fsp3) is 0.333. The van der Waals surface area contributed by atoms with E-state index in [9.17, 15) is 0 Å². The van der Waals surface area contributed by atoms with E-state index in [0.717, 1.165) is 33.8 Å². The zero-order chi connectivity index (χ0) is 14.5. The summed E-state index contributed by atoms with van der Waals surface area (Å²) in [6.45, 7) is 4.97. The van der Waals surface area contributed by atoms with Gasteiger partial charge in [-0.3, -0.25) is 0 Å². The van der Waals surface area contributed by atoms with Crippen molar-refractivity contribution < 1.29 is 4.74 Å². The van der Waals surface area contributed by atoms with Gasteiger partial charge < -0.3 is 10.1 Å². The molecule has 20 heavy (non-hydrogen) atoms. The first-order chi connectivity index (χ1) is 9.60. The average Bonchev–Trinajstić information content (AvgIpc) is 2.45. The normalized spacial score (nSPS) is 10.8. The van der Waals surface area contributed by atoms with Crippen LogP contribution in [0.15, 0.2) is 34.9 Å². The maximum absolute atomic E-state index is 5.23. The molecule has 0 saturated heterocycles. The highest BCUT2D eigenvalue weighted by Gasteiger charge is 2.07. The van der Waals surface area contributed by atoms with Gasteiger partial charge in [0.2, 0.25) is 0 Å². The van der Waals surface area contributed by atoms with Crippen LogP contribution < -0.4 is 10.1 Å². The van der Waals surface area contributed by atoms with Crippen LogP contribution in [0.1, 0.15) is 19.5 Å². The number of benzene rings is 1. The molecule has 106 valence electrons. The summed E-state index contributed by atoms with van der Waals surface area (Å²) < 4.78 is 6.12. The van der Waals surface area contributed by atoms with Crippen LogP contribution in [-0.4, -0.2) is 23.1 Å². The summed E-state index contributed by atoms with van der Waals surface area (Å²) >= 11 is 3.48. The molecule has 0 aliphatic rings. The van der Waals surface area contributed by atoms with E-state index in [1.54, 1.807) is 13.3 Å². The number of hydrogen-bond donors (Lipinski definition) is 1. The van der Waals surface area contributed by atoms with Crippen molar-refractivity contribution in [2.24, 2.45) is 0 Å². The molecule has 5 heteroatoms. The quantitative estimate of drug-likeness (QED) is 0.909. The molecule has 0 unspecified atom stereocenters. The Kier molecular flexibility index (Phi) is 5.09. The van der Waals surface area contributed by atoms with Crippen LogP contribution >= 0.6 is 15.9 Å². The molecule has 4 nitrogen and oxygen atoms in total. The zero-order valence-electron chi connectivity index (χ0n) is 11.9. The van der Waals surface area contributed by atoms with Crippen molar-refractivity contribution in [3.63, 3.8) is 0 Å². The van der Waals surface area contributed by atoms with Gasteiger partial charge in [-0.25, -0.2) is 9.97 Å². The van der Waals surface area contributed by atoms with Crippen molar-refractivity contribution in [3.8, 4) is 17.1 Å². The van der Waals surface area contributed by atoms with E-state index in [1.165, 1.54) is 0 Å². The largest absolute Gasteiger partial charge is 0.496 e. The summed E-state index contributed by atoms with van der Waals surface area (Å²) in [5.41, 5.74) is 1.94. The van der Waals surface area contributed by atoms with E-state index in [1.807, 2.05) is 24.3 Å². The number of methoxy groups -OCH3 is 1. The molecule has 2 aromatic rings. The van der Waals surface area contributed by atoms with Gasteiger partial charge in [0.1, 0.15) is 5.75 Å². The monoisotopic (exact) mass is 335 g/mol. The Morgan fingerprint density at radius 2 is 2.10 bits per heavy atom. The van der Waals surface area contributed by atoms with Crippen LogP contribution in [0.3, 0.4) is 0 Å². The van der Waals surface area contributed by atoms with Crippen molar-refractivity contribution in [2.45, 2.75) is 26.4 Å². The maximum atomic E-state index is 5.23. The second-order valence-electron chi connectivity index (χ2n) is 4.76. The van der Waals surface area contributed by atoms with E-state index in [2.05, 4.69) is 45.1 Å². The summed E-state index contributed by atoms with van der Waals surface area (Å²) in [6.07, 6.45) is 1.79. The highest BCUT2D eigenvalue weighted by Crippen LogP contribution is 2.29. The minimum Gasteiger partial charge on any atom is -0.496 e. The lowest BCUT2D eigenvalue weighted by Crippen LogP contribution is -2.22. The van der Waals surface area contributed by atoms with E-state index >= 15 is 0 Å². The lowest BCUT2D eigenvalue weighted by atomic mass is 10.2. The first-order valence-corrected chi connectivity index (χ1v) is 7.28. The Labute approximate surface area is 127 Å². The van der Waals surface area contributed by atoms with Gasteiger partial charge in [-0.1, -0.05) is 13.8 Å². The third-order valence-electron chi connectivity index (χ3n) is 2.81. The highest BCUT2D eigenvalue weighted by atomic mass is 79.9. The molecular weight excluding hydrogens is 318 g/mol. The van der Waals surface area contributed by atoms with Crippen LogP contribution in [-0.2, 0) is 6.54 Å². The molecule has 0 saturated carbocycles. The highest BCUT2D eigenvalue weighted by molar-refractivity contribution is 9.10. The number of halogens is 1. The van der Waals surface area contributed by atoms with Crippen molar-refractivity contribution >= 4 is 15.9 Å². The fourth-order valence-corrected chi connectivity index (χ4v) is 2.29.